The second-order valence-electron chi connectivity index (χ2n) is 7.33. The Bertz CT molecular complexity index is 804. The minimum absolute atomic E-state index is 0.0593. The third-order valence-electron chi connectivity index (χ3n) is 5.05. The number of amides is 1. The highest BCUT2D eigenvalue weighted by atomic mass is 16.1. The summed E-state index contributed by atoms with van der Waals surface area (Å²) < 4.78 is 0. The lowest BCUT2D eigenvalue weighted by Gasteiger charge is -2.20. The maximum Gasteiger partial charge on any atom is 0.224 e. The highest BCUT2D eigenvalue weighted by Gasteiger charge is 2.23. The summed E-state index contributed by atoms with van der Waals surface area (Å²) in [6, 6.07) is 18.8. The van der Waals surface area contributed by atoms with E-state index in [2.05, 4.69) is 50.1 Å². The van der Waals surface area contributed by atoms with Crippen LogP contribution in [0.3, 0.4) is 0 Å². The zero-order valence-corrected chi connectivity index (χ0v) is 17.3. The van der Waals surface area contributed by atoms with Gasteiger partial charge in [-0.1, -0.05) is 37.3 Å². The summed E-state index contributed by atoms with van der Waals surface area (Å²) in [6.45, 7) is 4.69. The van der Waals surface area contributed by atoms with Crippen LogP contribution < -0.4 is 20.9 Å². The van der Waals surface area contributed by atoms with E-state index >= 15 is 0 Å². The molecule has 1 unspecified atom stereocenters. The van der Waals surface area contributed by atoms with Gasteiger partial charge in [-0.05, 0) is 42.7 Å². The van der Waals surface area contributed by atoms with E-state index in [0.29, 0.717) is 19.0 Å². The number of rotatable bonds is 7. The fourth-order valence-electron chi connectivity index (χ4n) is 3.48. The lowest BCUT2D eigenvalue weighted by molar-refractivity contribution is -0.116. The molecule has 1 atom stereocenters. The summed E-state index contributed by atoms with van der Waals surface area (Å²) in [6.07, 6.45) is 2.49. The maximum absolute atomic E-state index is 11.7. The Balaban J connectivity index is 1.45. The lowest BCUT2D eigenvalue weighted by atomic mass is 10.2. The molecule has 3 rings (SSSR count). The molecule has 29 heavy (non-hydrogen) atoms. The molecule has 0 saturated carbocycles. The lowest BCUT2D eigenvalue weighted by Crippen LogP contribution is -2.44. The van der Waals surface area contributed by atoms with Crippen molar-refractivity contribution in [3.8, 4) is 0 Å². The first-order chi connectivity index (χ1) is 14.2. The van der Waals surface area contributed by atoms with Crippen LogP contribution in [0.25, 0.3) is 0 Å². The number of nitrogens with zero attached hydrogens (tertiary/aromatic N) is 2. The van der Waals surface area contributed by atoms with E-state index in [0.717, 1.165) is 43.1 Å². The second kappa shape index (κ2) is 10.5. The molecule has 0 bridgehead atoms. The van der Waals surface area contributed by atoms with Gasteiger partial charge in [0.05, 0.1) is 0 Å². The van der Waals surface area contributed by atoms with Gasteiger partial charge in [-0.3, -0.25) is 9.79 Å². The fourth-order valence-corrected chi connectivity index (χ4v) is 3.48. The number of guanidine groups is 1. The number of anilines is 2. The van der Waals surface area contributed by atoms with Gasteiger partial charge in [-0.2, -0.15) is 0 Å². The van der Waals surface area contributed by atoms with Gasteiger partial charge in [-0.15, -0.1) is 0 Å². The van der Waals surface area contributed by atoms with E-state index in [1.165, 1.54) is 5.69 Å². The minimum Gasteiger partial charge on any atom is -0.369 e. The number of benzene rings is 2. The van der Waals surface area contributed by atoms with Crippen LogP contribution in [-0.2, 0) is 11.3 Å². The van der Waals surface area contributed by atoms with E-state index in [1.54, 1.807) is 7.05 Å². The van der Waals surface area contributed by atoms with Gasteiger partial charge in [0.1, 0.15) is 0 Å². The predicted molar refractivity (Wildman–Crippen MR) is 120 cm³/mol. The van der Waals surface area contributed by atoms with Gasteiger partial charge < -0.3 is 20.9 Å². The SMILES string of the molecule is CCCC(=O)Nc1ccc(CNC(=NC)NC2CCN(c3ccccc3)C2)cc1. The number of hydrogen-bond donors (Lipinski definition) is 3. The van der Waals surface area contributed by atoms with Crippen LogP contribution in [-0.4, -0.2) is 38.0 Å². The van der Waals surface area contributed by atoms with Crippen LogP contribution in [0.4, 0.5) is 11.4 Å². The van der Waals surface area contributed by atoms with Gasteiger partial charge in [-0.25, -0.2) is 0 Å². The van der Waals surface area contributed by atoms with Gasteiger partial charge >= 0.3 is 0 Å². The summed E-state index contributed by atoms with van der Waals surface area (Å²) >= 11 is 0. The molecule has 0 aliphatic carbocycles. The van der Waals surface area contributed by atoms with Crippen LogP contribution in [0.2, 0.25) is 0 Å². The Kier molecular flexibility index (Phi) is 7.50. The van der Waals surface area contributed by atoms with Crippen molar-refractivity contribution in [3.05, 3.63) is 60.2 Å². The molecular weight excluding hydrogens is 362 g/mol. The van der Waals surface area contributed by atoms with Gasteiger partial charge in [0.2, 0.25) is 5.91 Å². The average Bonchev–Trinajstić information content (AvgIpc) is 3.21. The molecule has 0 aromatic heterocycles. The molecule has 2 aromatic carbocycles. The van der Waals surface area contributed by atoms with Crippen LogP contribution in [0.5, 0.6) is 0 Å². The van der Waals surface area contributed by atoms with Crippen molar-refractivity contribution in [1.29, 1.82) is 0 Å². The average molecular weight is 394 g/mol. The van der Waals surface area contributed by atoms with Crippen molar-refractivity contribution in [3.63, 3.8) is 0 Å². The number of hydrogen-bond acceptors (Lipinski definition) is 3. The molecule has 1 aliphatic heterocycles. The molecule has 1 aliphatic rings. The highest BCUT2D eigenvalue weighted by molar-refractivity contribution is 5.90. The van der Waals surface area contributed by atoms with Gasteiger partial charge in [0.25, 0.3) is 0 Å². The summed E-state index contributed by atoms with van der Waals surface area (Å²) in [7, 11) is 1.80. The van der Waals surface area contributed by atoms with E-state index in [1.807, 2.05) is 37.3 Å². The van der Waals surface area contributed by atoms with E-state index in [4.69, 9.17) is 0 Å². The molecule has 154 valence electrons. The van der Waals surface area contributed by atoms with Crippen molar-refractivity contribution in [2.45, 2.75) is 38.8 Å². The van der Waals surface area contributed by atoms with Crippen LogP contribution in [0.1, 0.15) is 31.7 Å². The summed E-state index contributed by atoms with van der Waals surface area (Å²) in [5, 5.41) is 9.82. The highest BCUT2D eigenvalue weighted by Crippen LogP contribution is 2.19. The first-order valence-corrected chi connectivity index (χ1v) is 10.3. The van der Waals surface area contributed by atoms with E-state index in [-0.39, 0.29) is 5.91 Å². The molecule has 6 nitrogen and oxygen atoms in total. The number of nitrogens with one attached hydrogen (secondary N) is 3. The Hall–Kier alpha value is -3.02. The second-order valence-corrected chi connectivity index (χ2v) is 7.33. The van der Waals surface area contributed by atoms with Gasteiger partial charge in [0.15, 0.2) is 5.96 Å². The number of carbonyl (C=O) groups excluding carboxylic acids is 1. The third kappa shape index (κ3) is 6.24. The molecule has 1 amide bonds. The first kappa shape index (κ1) is 20.7. The quantitative estimate of drug-likeness (QED) is 0.498. The molecule has 6 heteroatoms. The maximum atomic E-state index is 11.7. The molecule has 1 fully saturated rings. The largest absolute Gasteiger partial charge is 0.369 e. The molecule has 1 saturated heterocycles. The number of aliphatic imine (C=N–C) groups is 1. The number of carbonyl (C=O) groups is 1. The summed E-state index contributed by atoms with van der Waals surface area (Å²) in [5.74, 6) is 0.870. The Morgan fingerprint density at radius 1 is 1.14 bits per heavy atom. The van der Waals surface area contributed by atoms with Crippen LogP contribution in [0.15, 0.2) is 59.6 Å². The van der Waals surface area contributed by atoms with Crippen molar-refractivity contribution in [2.75, 3.05) is 30.4 Å². The number of para-hydroxylation sites is 1. The summed E-state index contributed by atoms with van der Waals surface area (Å²) in [4.78, 5) is 18.4. The zero-order chi connectivity index (χ0) is 20.5. The Labute approximate surface area is 173 Å². The Morgan fingerprint density at radius 3 is 2.59 bits per heavy atom. The predicted octanol–water partition coefficient (Wildman–Crippen LogP) is 3.37. The molecule has 2 aromatic rings. The third-order valence-corrected chi connectivity index (χ3v) is 5.05. The first-order valence-electron chi connectivity index (χ1n) is 10.3. The van der Waals surface area contributed by atoms with Crippen molar-refractivity contribution in [1.82, 2.24) is 10.6 Å². The molecule has 3 N–H and O–H groups in total. The van der Waals surface area contributed by atoms with E-state index < -0.39 is 0 Å². The fraction of sp³-hybridized carbons (Fsp3) is 0.391. The topological polar surface area (TPSA) is 68.8 Å². The smallest absolute Gasteiger partial charge is 0.224 e. The van der Waals surface area contributed by atoms with E-state index in [9.17, 15) is 4.79 Å². The van der Waals surface area contributed by atoms with Gasteiger partial charge in [0, 0.05) is 50.5 Å². The minimum atomic E-state index is 0.0593. The molecule has 0 spiro atoms. The van der Waals surface area contributed by atoms with Crippen LogP contribution in [0, 0.1) is 0 Å². The Morgan fingerprint density at radius 2 is 1.90 bits per heavy atom. The zero-order valence-electron chi connectivity index (χ0n) is 17.3. The van der Waals surface area contributed by atoms with Crippen molar-refractivity contribution in [2.24, 2.45) is 4.99 Å². The van der Waals surface area contributed by atoms with Crippen molar-refractivity contribution >= 4 is 23.2 Å². The standard InChI is InChI=1S/C23H31N5O/c1-3-7-22(29)26-19-12-10-18(11-13-19)16-25-23(24-2)27-20-14-15-28(17-20)21-8-5-4-6-9-21/h4-6,8-13,20H,3,7,14-17H2,1-2H3,(H,26,29)(H2,24,25,27). The molecule has 0 radical (unpaired) electrons. The summed E-state index contributed by atoms with van der Waals surface area (Å²) in [5.41, 5.74) is 3.24. The monoisotopic (exact) mass is 393 g/mol. The molecular formula is C23H31N5O. The van der Waals surface area contributed by atoms with Crippen LogP contribution >= 0.6 is 0 Å². The normalized spacial score (nSPS) is 16.6. The molecule has 1 heterocycles. The van der Waals surface area contributed by atoms with Crippen molar-refractivity contribution < 1.29 is 4.79 Å².